The summed E-state index contributed by atoms with van der Waals surface area (Å²) in [6, 6.07) is 17.4. The molecule has 4 aliphatic carbocycles. The van der Waals surface area contributed by atoms with Crippen molar-refractivity contribution < 1.29 is 23.9 Å². The van der Waals surface area contributed by atoms with Gasteiger partial charge in [0.2, 0.25) is 0 Å². The summed E-state index contributed by atoms with van der Waals surface area (Å²) in [6.45, 7) is 0.204. The van der Waals surface area contributed by atoms with Gasteiger partial charge in [-0.15, -0.1) is 0 Å². The molecule has 0 unspecified atom stereocenters. The number of esters is 1. The van der Waals surface area contributed by atoms with E-state index in [9.17, 15) is 14.4 Å². The van der Waals surface area contributed by atoms with Crippen LogP contribution in [0, 0.1) is 23.2 Å². The van der Waals surface area contributed by atoms with Crippen LogP contribution in [0.5, 0.6) is 11.5 Å². The molecule has 210 valence electrons. The number of hydrogen-bond acceptors (Lipinski definition) is 6. The zero-order valence-electron chi connectivity index (χ0n) is 22.7. The lowest BCUT2D eigenvalue weighted by molar-refractivity contribution is -0.161. The molecule has 1 aliphatic heterocycles. The number of rotatable bonds is 6. The van der Waals surface area contributed by atoms with Gasteiger partial charge in [0.15, 0.2) is 11.5 Å². The van der Waals surface area contributed by atoms with Crippen molar-refractivity contribution in [2.24, 2.45) is 23.2 Å². The lowest BCUT2D eigenvalue weighted by Crippen LogP contribution is -2.51. The van der Waals surface area contributed by atoms with Gasteiger partial charge in [-0.3, -0.25) is 19.3 Å². The van der Waals surface area contributed by atoms with Crippen molar-refractivity contribution in [1.29, 1.82) is 0 Å². The number of imide groups is 1. The summed E-state index contributed by atoms with van der Waals surface area (Å²) < 4.78 is 12.3. The van der Waals surface area contributed by atoms with Gasteiger partial charge in [-0.2, -0.15) is 0 Å². The number of hydrogen-bond donors (Lipinski definition) is 0. The van der Waals surface area contributed by atoms with E-state index in [-0.39, 0.29) is 29.1 Å². The second kappa shape index (κ2) is 10.3. The molecule has 6 nitrogen and oxygen atoms in total. The molecule has 0 N–H and O–H groups in total. The van der Waals surface area contributed by atoms with Crippen LogP contribution in [0.25, 0.3) is 16.8 Å². The molecule has 3 aromatic rings. The van der Waals surface area contributed by atoms with E-state index in [0.717, 1.165) is 47.4 Å². The highest BCUT2D eigenvalue weighted by molar-refractivity contribution is 9.10. The Morgan fingerprint density at radius 1 is 1.02 bits per heavy atom. The summed E-state index contributed by atoms with van der Waals surface area (Å²) >= 11 is 4.50. The monoisotopic (exact) mass is 631 g/mol. The summed E-state index contributed by atoms with van der Waals surface area (Å²) in [5, 5.41) is 1.78. The topological polar surface area (TPSA) is 72.9 Å². The van der Waals surface area contributed by atoms with Crippen LogP contribution in [0.3, 0.4) is 0 Å². The number of halogens is 1. The molecule has 4 bridgehead atoms. The molecule has 5 aliphatic rings. The molecular weight excluding hydrogens is 602 g/mol. The largest absolute Gasteiger partial charge is 0.493 e. The Morgan fingerprint density at radius 2 is 1.71 bits per heavy atom. The number of methoxy groups -OCH3 is 1. The average Bonchev–Trinajstić information content (AvgIpc) is 3.20. The van der Waals surface area contributed by atoms with Crippen molar-refractivity contribution in [3.05, 3.63) is 75.1 Å². The summed E-state index contributed by atoms with van der Waals surface area (Å²) in [6.07, 6.45) is 8.20. The van der Waals surface area contributed by atoms with Crippen LogP contribution in [-0.4, -0.2) is 29.1 Å². The smallest absolute Gasteiger partial charge is 0.317 e. The number of nitrogens with zero attached hydrogens (tertiary/aromatic N) is 1. The number of benzene rings is 3. The molecule has 0 aromatic heterocycles. The van der Waals surface area contributed by atoms with E-state index in [1.807, 2.05) is 42.5 Å². The van der Waals surface area contributed by atoms with Gasteiger partial charge in [-0.25, -0.2) is 0 Å². The number of carbonyl (C=O) groups is 3. The Hall–Kier alpha value is -3.10. The molecule has 2 amide bonds. The van der Waals surface area contributed by atoms with Crippen LogP contribution in [0.15, 0.2) is 64.0 Å². The van der Waals surface area contributed by atoms with Gasteiger partial charge in [0.25, 0.3) is 11.1 Å². The quantitative estimate of drug-likeness (QED) is 0.156. The Bertz CT molecular complexity index is 1590. The summed E-state index contributed by atoms with van der Waals surface area (Å²) in [4.78, 5) is 41.4. The second-order valence-electron chi connectivity index (χ2n) is 12.0. The number of amides is 2. The molecule has 0 radical (unpaired) electrons. The van der Waals surface area contributed by atoms with Crippen molar-refractivity contribution >= 4 is 61.7 Å². The maximum Gasteiger partial charge on any atom is 0.317 e. The van der Waals surface area contributed by atoms with Crippen LogP contribution >= 0.6 is 27.7 Å². The van der Waals surface area contributed by atoms with E-state index in [1.54, 1.807) is 18.2 Å². The molecule has 0 atom stereocenters. The van der Waals surface area contributed by atoms with E-state index in [0.29, 0.717) is 44.2 Å². The minimum Gasteiger partial charge on any atom is -0.493 e. The van der Waals surface area contributed by atoms with Gasteiger partial charge in [-0.1, -0.05) is 42.5 Å². The molecule has 8 rings (SSSR count). The normalized spacial score (nSPS) is 27.7. The molecule has 3 aromatic carbocycles. The number of ether oxygens (including phenoxy) is 2. The fourth-order valence-corrected chi connectivity index (χ4v) is 9.25. The Balaban J connectivity index is 1.12. The SMILES string of the molecule is COc1cc(/C=C2\SC(=O)N(Cc3cccc4ccccc34)C2=O)cc(Br)c1OC(=O)C12CC3CC(CC(C3)C1)C2. The van der Waals surface area contributed by atoms with Crippen molar-refractivity contribution in [3.63, 3.8) is 0 Å². The van der Waals surface area contributed by atoms with Crippen LogP contribution in [0.2, 0.25) is 0 Å². The predicted molar refractivity (Wildman–Crippen MR) is 162 cm³/mol. The first kappa shape index (κ1) is 26.8. The molecule has 8 heteroatoms. The average molecular weight is 633 g/mol. The molecule has 1 heterocycles. The molecule has 4 saturated carbocycles. The minimum atomic E-state index is -0.388. The third-order valence-electron chi connectivity index (χ3n) is 9.30. The second-order valence-corrected chi connectivity index (χ2v) is 13.9. The first-order valence-electron chi connectivity index (χ1n) is 14.1. The zero-order valence-corrected chi connectivity index (χ0v) is 25.1. The summed E-state index contributed by atoms with van der Waals surface area (Å²) in [5.74, 6) is 2.18. The van der Waals surface area contributed by atoms with Crippen LogP contribution in [-0.2, 0) is 16.1 Å². The van der Waals surface area contributed by atoms with Crippen molar-refractivity contribution in [2.75, 3.05) is 7.11 Å². The molecule has 1 saturated heterocycles. The predicted octanol–water partition coefficient (Wildman–Crippen LogP) is 7.97. The lowest BCUT2D eigenvalue weighted by atomic mass is 9.49. The van der Waals surface area contributed by atoms with Gasteiger partial charge >= 0.3 is 5.97 Å². The fourth-order valence-electron chi connectivity index (χ4n) is 7.87. The van der Waals surface area contributed by atoms with Gasteiger partial charge in [0, 0.05) is 0 Å². The lowest BCUT2D eigenvalue weighted by Gasteiger charge is -2.55. The first-order valence-corrected chi connectivity index (χ1v) is 15.7. The Kier molecular flexibility index (Phi) is 6.74. The molecule has 0 spiro atoms. The van der Waals surface area contributed by atoms with Crippen LogP contribution < -0.4 is 9.47 Å². The molecule has 5 fully saturated rings. The van der Waals surface area contributed by atoms with Crippen LogP contribution in [0.4, 0.5) is 4.79 Å². The highest BCUT2D eigenvalue weighted by Gasteiger charge is 2.55. The van der Waals surface area contributed by atoms with E-state index in [2.05, 4.69) is 15.9 Å². The Morgan fingerprint density at radius 3 is 2.41 bits per heavy atom. The fraction of sp³-hybridized carbons (Fsp3) is 0.364. The highest BCUT2D eigenvalue weighted by atomic mass is 79.9. The summed E-state index contributed by atoms with van der Waals surface area (Å²) in [5.41, 5.74) is 1.20. The molecule has 41 heavy (non-hydrogen) atoms. The van der Waals surface area contributed by atoms with Gasteiger partial charge in [0.1, 0.15) is 0 Å². The van der Waals surface area contributed by atoms with Crippen molar-refractivity contribution in [1.82, 2.24) is 4.90 Å². The van der Waals surface area contributed by atoms with Crippen molar-refractivity contribution in [3.8, 4) is 11.5 Å². The van der Waals surface area contributed by atoms with Gasteiger partial charge in [0.05, 0.1) is 28.4 Å². The first-order chi connectivity index (χ1) is 19.8. The van der Waals surface area contributed by atoms with E-state index < -0.39 is 0 Å². The maximum atomic E-state index is 13.6. The highest BCUT2D eigenvalue weighted by Crippen LogP contribution is 2.60. The van der Waals surface area contributed by atoms with E-state index >= 15 is 0 Å². The van der Waals surface area contributed by atoms with E-state index in [1.165, 1.54) is 31.3 Å². The minimum absolute atomic E-state index is 0.155. The maximum absolute atomic E-state index is 13.6. The third kappa shape index (κ3) is 4.79. The van der Waals surface area contributed by atoms with Crippen molar-refractivity contribution in [2.45, 2.75) is 45.1 Å². The van der Waals surface area contributed by atoms with E-state index in [4.69, 9.17) is 9.47 Å². The zero-order chi connectivity index (χ0) is 28.3. The number of carbonyl (C=O) groups excluding carboxylic acids is 3. The third-order valence-corrected chi connectivity index (χ3v) is 10.8. The van der Waals surface area contributed by atoms with Gasteiger partial charge in [-0.05, 0) is 124 Å². The van der Waals surface area contributed by atoms with Crippen LogP contribution in [0.1, 0.15) is 49.7 Å². The Labute approximate surface area is 251 Å². The molecular formula is C33H30BrNO5S. The van der Waals surface area contributed by atoms with Gasteiger partial charge < -0.3 is 9.47 Å². The standard InChI is InChI=1S/C33H30BrNO5S/c1-39-27-13-19(12-26(34)29(27)40-31(37)33-15-20-9-21(16-33)11-22(10-20)17-33)14-28-30(36)35(32(38)41-28)18-24-7-4-6-23-5-2-3-8-25(23)24/h2-8,12-14,20-22H,9-11,15-18H2,1H3/b28-14-. The number of thioether (sulfide) groups is 1. The summed E-state index contributed by atoms with van der Waals surface area (Å²) in [7, 11) is 1.53. The number of fused-ring (bicyclic) bond motifs is 1.